The van der Waals surface area contributed by atoms with Gasteiger partial charge in [-0.25, -0.2) is 4.98 Å². The molecule has 1 N–H and O–H groups in total. The maximum atomic E-state index is 10.5. The number of benzene rings is 1. The van der Waals surface area contributed by atoms with Crippen molar-refractivity contribution in [2.24, 2.45) is 0 Å². The Hall–Kier alpha value is -1.72. The van der Waals surface area contributed by atoms with Crippen molar-refractivity contribution in [2.75, 3.05) is 7.11 Å². The number of ether oxygens (including phenoxy) is 1. The zero-order chi connectivity index (χ0) is 14.4. The van der Waals surface area contributed by atoms with Gasteiger partial charge in [0.1, 0.15) is 12.2 Å². The Morgan fingerprint density at radius 1 is 1.35 bits per heavy atom. The molecule has 0 fully saturated rings. The summed E-state index contributed by atoms with van der Waals surface area (Å²) in [5.74, 6) is 0.812. The maximum Gasteiger partial charge on any atom is 0.138 e. The Morgan fingerprint density at radius 2 is 2.15 bits per heavy atom. The van der Waals surface area contributed by atoms with Gasteiger partial charge in [0.15, 0.2) is 0 Å². The van der Waals surface area contributed by atoms with Gasteiger partial charge >= 0.3 is 0 Å². The van der Waals surface area contributed by atoms with E-state index in [-0.39, 0.29) is 0 Å². The Bertz CT molecular complexity index is 539. The van der Waals surface area contributed by atoms with E-state index in [9.17, 15) is 5.11 Å². The summed E-state index contributed by atoms with van der Waals surface area (Å²) in [6, 6.07) is 7.77. The highest BCUT2D eigenvalue weighted by Crippen LogP contribution is 2.22. The van der Waals surface area contributed by atoms with E-state index in [1.54, 1.807) is 13.4 Å². The van der Waals surface area contributed by atoms with Crippen LogP contribution in [-0.2, 0) is 24.3 Å². The average Bonchev–Trinajstić information content (AvgIpc) is 2.87. The first-order valence-corrected chi connectivity index (χ1v) is 6.87. The molecule has 5 heteroatoms. The van der Waals surface area contributed by atoms with E-state index in [1.165, 1.54) is 0 Å². The van der Waals surface area contributed by atoms with Crippen molar-refractivity contribution in [3.05, 3.63) is 47.5 Å². The van der Waals surface area contributed by atoms with Crippen LogP contribution in [0.5, 0.6) is 0 Å². The maximum absolute atomic E-state index is 10.5. The fourth-order valence-electron chi connectivity index (χ4n) is 2.27. The minimum Gasteiger partial charge on any atom is -0.388 e. The first kappa shape index (κ1) is 14.7. The summed E-state index contributed by atoms with van der Waals surface area (Å²) in [5, 5.41) is 14.6. The second kappa shape index (κ2) is 7.17. The van der Waals surface area contributed by atoms with Crippen molar-refractivity contribution in [3.8, 4) is 0 Å². The fraction of sp³-hybridized carbons (Fsp3) is 0.467. The number of aryl methyl sites for hydroxylation is 1. The van der Waals surface area contributed by atoms with Crippen LogP contribution in [0.3, 0.4) is 0 Å². The Morgan fingerprint density at radius 3 is 2.90 bits per heavy atom. The molecule has 0 aliphatic rings. The van der Waals surface area contributed by atoms with Gasteiger partial charge in [-0.2, -0.15) is 5.10 Å². The largest absolute Gasteiger partial charge is 0.388 e. The van der Waals surface area contributed by atoms with E-state index in [2.05, 4.69) is 17.0 Å². The highest BCUT2D eigenvalue weighted by atomic mass is 16.5. The third kappa shape index (κ3) is 3.43. The summed E-state index contributed by atoms with van der Waals surface area (Å²) in [7, 11) is 1.65. The van der Waals surface area contributed by atoms with Gasteiger partial charge in [0.2, 0.25) is 0 Å². The summed E-state index contributed by atoms with van der Waals surface area (Å²) < 4.78 is 7.02. The third-order valence-corrected chi connectivity index (χ3v) is 3.22. The smallest absolute Gasteiger partial charge is 0.138 e. The molecule has 0 radical (unpaired) electrons. The van der Waals surface area contributed by atoms with Crippen LogP contribution >= 0.6 is 0 Å². The van der Waals surface area contributed by atoms with E-state index in [4.69, 9.17) is 4.74 Å². The van der Waals surface area contributed by atoms with Gasteiger partial charge in [0.05, 0.1) is 12.7 Å². The van der Waals surface area contributed by atoms with Crippen LogP contribution < -0.4 is 0 Å². The number of hydrogen-bond donors (Lipinski definition) is 1. The zero-order valence-electron chi connectivity index (χ0n) is 12.0. The first-order chi connectivity index (χ1) is 9.76. The minimum absolute atomic E-state index is 0.459. The Labute approximate surface area is 119 Å². The lowest BCUT2D eigenvalue weighted by molar-refractivity contribution is 0.159. The van der Waals surface area contributed by atoms with Crippen molar-refractivity contribution in [1.82, 2.24) is 14.8 Å². The van der Waals surface area contributed by atoms with Crippen LogP contribution in [0, 0.1) is 0 Å². The van der Waals surface area contributed by atoms with Crippen LogP contribution in [0.2, 0.25) is 0 Å². The standard InChI is InChI=1S/C15H21N3O2/c1-3-8-18-15(16-11-17-18)9-14(19)13-7-5-4-6-12(13)10-20-2/h4-7,11,14,19H,3,8-10H2,1-2H3. The molecule has 1 aromatic carbocycles. The van der Waals surface area contributed by atoms with E-state index in [0.29, 0.717) is 13.0 Å². The second-order valence-corrected chi connectivity index (χ2v) is 4.75. The van der Waals surface area contributed by atoms with Crippen molar-refractivity contribution < 1.29 is 9.84 Å². The van der Waals surface area contributed by atoms with E-state index in [1.807, 2.05) is 28.9 Å². The van der Waals surface area contributed by atoms with Crippen molar-refractivity contribution >= 4 is 0 Å². The van der Waals surface area contributed by atoms with Gasteiger partial charge in [-0.3, -0.25) is 4.68 Å². The van der Waals surface area contributed by atoms with E-state index < -0.39 is 6.10 Å². The molecule has 1 atom stereocenters. The molecule has 108 valence electrons. The lowest BCUT2D eigenvalue weighted by Gasteiger charge is -2.15. The second-order valence-electron chi connectivity index (χ2n) is 4.75. The van der Waals surface area contributed by atoms with Crippen LogP contribution in [0.1, 0.15) is 36.4 Å². The summed E-state index contributed by atoms with van der Waals surface area (Å²) in [5.41, 5.74) is 1.89. The van der Waals surface area contributed by atoms with Crippen molar-refractivity contribution in [3.63, 3.8) is 0 Å². The summed E-state index contributed by atoms with van der Waals surface area (Å²) in [6.07, 6.45) is 2.40. The normalized spacial score (nSPS) is 12.6. The number of aliphatic hydroxyl groups is 1. The molecule has 0 saturated carbocycles. The Balaban J connectivity index is 2.15. The molecular weight excluding hydrogens is 254 g/mol. The molecule has 2 rings (SSSR count). The molecule has 5 nitrogen and oxygen atoms in total. The summed E-state index contributed by atoms with van der Waals surface area (Å²) in [6.45, 7) is 3.41. The van der Waals surface area contributed by atoms with Crippen LogP contribution in [-0.4, -0.2) is 27.0 Å². The van der Waals surface area contributed by atoms with Crippen LogP contribution in [0.25, 0.3) is 0 Å². The predicted octanol–water partition coefficient (Wildman–Crippen LogP) is 2.11. The van der Waals surface area contributed by atoms with Gasteiger partial charge < -0.3 is 9.84 Å². The average molecular weight is 275 g/mol. The molecule has 0 bridgehead atoms. The predicted molar refractivity (Wildman–Crippen MR) is 76.1 cm³/mol. The van der Waals surface area contributed by atoms with Crippen LogP contribution in [0.15, 0.2) is 30.6 Å². The van der Waals surface area contributed by atoms with E-state index in [0.717, 1.165) is 29.9 Å². The zero-order valence-corrected chi connectivity index (χ0v) is 12.0. The summed E-state index contributed by atoms with van der Waals surface area (Å²) >= 11 is 0. The minimum atomic E-state index is -0.596. The number of methoxy groups -OCH3 is 1. The highest BCUT2D eigenvalue weighted by molar-refractivity contribution is 5.29. The molecule has 1 aromatic heterocycles. The highest BCUT2D eigenvalue weighted by Gasteiger charge is 2.15. The SMILES string of the molecule is CCCn1ncnc1CC(O)c1ccccc1COC. The number of rotatable bonds is 7. The van der Waals surface area contributed by atoms with Gasteiger partial charge in [-0.05, 0) is 17.5 Å². The lowest BCUT2D eigenvalue weighted by atomic mass is 10.0. The lowest BCUT2D eigenvalue weighted by Crippen LogP contribution is -2.12. The number of aliphatic hydroxyl groups excluding tert-OH is 1. The van der Waals surface area contributed by atoms with E-state index >= 15 is 0 Å². The van der Waals surface area contributed by atoms with Gasteiger partial charge in [-0.1, -0.05) is 31.2 Å². The molecule has 0 spiro atoms. The van der Waals surface area contributed by atoms with Gasteiger partial charge in [0, 0.05) is 20.1 Å². The monoisotopic (exact) mass is 275 g/mol. The Kier molecular flexibility index (Phi) is 5.26. The number of hydrogen-bond acceptors (Lipinski definition) is 4. The molecule has 20 heavy (non-hydrogen) atoms. The van der Waals surface area contributed by atoms with Crippen molar-refractivity contribution in [1.29, 1.82) is 0 Å². The molecule has 1 unspecified atom stereocenters. The molecule has 2 aromatic rings. The third-order valence-electron chi connectivity index (χ3n) is 3.22. The summed E-state index contributed by atoms with van der Waals surface area (Å²) in [4.78, 5) is 4.24. The molecule has 0 aliphatic carbocycles. The quantitative estimate of drug-likeness (QED) is 0.840. The van der Waals surface area contributed by atoms with Crippen LogP contribution in [0.4, 0.5) is 0 Å². The number of aromatic nitrogens is 3. The number of nitrogens with zero attached hydrogens (tertiary/aromatic N) is 3. The van der Waals surface area contributed by atoms with Gasteiger partial charge in [0.25, 0.3) is 0 Å². The molecular formula is C15H21N3O2. The fourth-order valence-corrected chi connectivity index (χ4v) is 2.27. The van der Waals surface area contributed by atoms with Crippen molar-refractivity contribution in [2.45, 2.75) is 39.0 Å². The van der Waals surface area contributed by atoms with Gasteiger partial charge in [-0.15, -0.1) is 0 Å². The molecule has 1 heterocycles. The molecule has 0 aliphatic heterocycles. The topological polar surface area (TPSA) is 60.2 Å². The first-order valence-electron chi connectivity index (χ1n) is 6.87. The molecule has 0 saturated heterocycles. The molecule has 0 amide bonds.